The van der Waals surface area contributed by atoms with Crippen LogP contribution in [0, 0.1) is 11.7 Å². The molecule has 1 aromatic carbocycles. The van der Waals surface area contributed by atoms with Crippen LogP contribution in [0.5, 0.6) is 0 Å². The number of urea groups is 1. The molecule has 120 valence electrons. The number of nitrogens with zero attached hydrogens (tertiary/aromatic N) is 2. The van der Waals surface area contributed by atoms with E-state index in [9.17, 15) is 14.0 Å². The summed E-state index contributed by atoms with van der Waals surface area (Å²) in [7, 11) is 3.49. The molecule has 5 nitrogen and oxygen atoms in total. The highest BCUT2D eigenvalue weighted by Gasteiger charge is 2.28. The van der Waals surface area contributed by atoms with Crippen molar-refractivity contribution in [3.63, 3.8) is 0 Å². The molecule has 1 aromatic rings. The van der Waals surface area contributed by atoms with Crippen LogP contribution < -0.4 is 5.32 Å². The molecule has 0 spiro atoms. The van der Waals surface area contributed by atoms with E-state index in [0.717, 1.165) is 0 Å². The summed E-state index contributed by atoms with van der Waals surface area (Å²) in [6.07, 6.45) is 1.34. The van der Waals surface area contributed by atoms with E-state index < -0.39 is 0 Å². The highest BCUT2D eigenvalue weighted by atomic mass is 19.1. The van der Waals surface area contributed by atoms with Crippen LogP contribution in [-0.4, -0.2) is 48.9 Å². The highest BCUT2D eigenvalue weighted by Crippen LogP contribution is 2.19. The zero-order valence-corrected chi connectivity index (χ0v) is 13.0. The second-order valence-corrected chi connectivity index (χ2v) is 5.74. The van der Waals surface area contributed by atoms with Gasteiger partial charge in [0.05, 0.1) is 0 Å². The first-order valence-electron chi connectivity index (χ1n) is 7.46. The lowest BCUT2D eigenvalue weighted by Crippen LogP contribution is -2.46. The topological polar surface area (TPSA) is 52.7 Å². The van der Waals surface area contributed by atoms with E-state index >= 15 is 0 Å². The normalized spacial score (nSPS) is 15.5. The van der Waals surface area contributed by atoms with Gasteiger partial charge < -0.3 is 15.1 Å². The summed E-state index contributed by atoms with van der Waals surface area (Å²) < 4.78 is 13.5. The summed E-state index contributed by atoms with van der Waals surface area (Å²) in [5.41, 5.74) is 0.466. The zero-order chi connectivity index (χ0) is 16.1. The molecule has 6 heteroatoms. The van der Waals surface area contributed by atoms with Crippen molar-refractivity contribution in [2.75, 3.05) is 27.2 Å². The van der Waals surface area contributed by atoms with Crippen molar-refractivity contribution < 1.29 is 14.0 Å². The molecule has 1 fully saturated rings. The fourth-order valence-electron chi connectivity index (χ4n) is 2.62. The minimum Gasteiger partial charge on any atom is -0.349 e. The van der Waals surface area contributed by atoms with Gasteiger partial charge in [-0.1, -0.05) is 18.2 Å². The van der Waals surface area contributed by atoms with E-state index in [0.29, 0.717) is 31.5 Å². The second-order valence-electron chi connectivity index (χ2n) is 5.74. The molecule has 0 radical (unpaired) electrons. The van der Waals surface area contributed by atoms with Gasteiger partial charge in [0, 0.05) is 45.2 Å². The average Bonchev–Trinajstić information content (AvgIpc) is 2.53. The van der Waals surface area contributed by atoms with Crippen LogP contribution in [0.1, 0.15) is 18.4 Å². The van der Waals surface area contributed by atoms with E-state index in [1.807, 2.05) is 0 Å². The number of piperidine rings is 1. The van der Waals surface area contributed by atoms with Gasteiger partial charge in [0.1, 0.15) is 5.82 Å². The molecule has 0 unspecified atom stereocenters. The van der Waals surface area contributed by atoms with Crippen LogP contribution in [0.15, 0.2) is 24.3 Å². The first-order valence-corrected chi connectivity index (χ1v) is 7.46. The molecular weight excluding hydrogens is 285 g/mol. The van der Waals surface area contributed by atoms with Gasteiger partial charge in [0.2, 0.25) is 5.91 Å². The standard InChI is InChI=1S/C16H22FN3O2/c1-19(2)15(21)12-7-9-20(10-8-12)16(22)18-11-13-5-3-4-6-14(13)17/h3-6,12H,7-11H2,1-2H3,(H,18,22). The predicted octanol–water partition coefficient (Wildman–Crippen LogP) is 1.84. The first kappa shape index (κ1) is 16.3. The Morgan fingerprint density at radius 3 is 2.50 bits per heavy atom. The molecule has 0 bridgehead atoms. The number of carbonyl (C=O) groups excluding carboxylic acids is 2. The lowest BCUT2D eigenvalue weighted by atomic mass is 9.96. The van der Waals surface area contributed by atoms with E-state index in [1.54, 1.807) is 42.1 Å². The maximum atomic E-state index is 13.5. The third-order valence-corrected chi connectivity index (χ3v) is 3.96. The Bertz CT molecular complexity index is 540. The average molecular weight is 307 g/mol. The summed E-state index contributed by atoms with van der Waals surface area (Å²) in [5, 5.41) is 2.73. The van der Waals surface area contributed by atoms with Gasteiger partial charge in [0.15, 0.2) is 0 Å². The number of carbonyl (C=O) groups is 2. The third-order valence-electron chi connectivity index (χ3n) is 3.96. The highest BCUT2D eigenvalue weighted by molar-refractivity contribution is 5.79. The first-order chi connectivity index (χ1) is 10.5. The number of hydrogen-bond acceptors (Lipinski definition) is 2. The minimum absolute atomic E-state index is 0.00869. The van der Waals surface area contributed by atoms with Crippen LogP contribution in [0.3, 0.4) is 0 Å². The maximum Gasteiger partial charge on any atom is 0.317 e. The maximum absolute atomic E-state index is 13.5. The molecule has 1 saturated heterocycles. The van der Waals surface area contributed by atoms with E-state index in [4.69, 9.17) is 0 Å². The van der Waals surface area contributed by atoms with Gasteiger partial charge in [-0.3, -0.25) is 4.79 Å². The molecule has 22 heavy (non-hydrogen) atoms. The van der Waals surface area contributed by atoms with Crippen molar-refractivity contribution in [1.82, 2.24) is 15.1 Å². The van der Waals surface area contributed by atoms with Crippen molar-refractivity contribution >= 4 is 11.9 Å². The third kappa shape index (κ3) is 3.96. The van der Waals surface area contributed by atoms with Gasteiger partial charge in [-0.05, 0) is 18.9 Å². The molecule has 1 heterocycles. The monoisotopic (exact) mass is 307 g/mol. The molecule has 1 N–H and O–H groups in total. The van der Waals surface area contributed by atoms with Crippen LogP contribution in [0.4, 0.5) is 9.18 Å². The number of amides is 3. The fraction of sp³-hybridized carbons (Fsp3) is 0.500. The largest absolute Gasteiger partial charge is 0.349 e. The lowest BCUT2D eigenvalue weighted by Gasteiger charge is -2.32. The lowest BCUT2D eigenvalue weighted by molar-refractivity contribution is -0.134. The SMILES string of the molecule is CN(C)C(=O)C1CCN(C(=O)NCc2ccccc2F)CC1. The summed E-state index contributed by atoms with van der Waals surface area (Å²) in [4.78, 5) is 27.3. The molecule has 2 rings (SSSR count). The quantitative estimate of drug-likeness (QED) is 0.926. The molecule has 1 aliphatic rings. The Hall–Kier alpha value is -2.11. The van der Waals surface area contributed by atoms with Crippen LogP contribution in [0.25, 0.3) is 0 Å². The van der Waals surface area contributed by atoms with E-state index in [1.165, 1.54) is 6.07 Å². The number of likely N-dealkylation sites (tertiary alicyclic amines) is 1. The molecule has 1 aliphatic heterocycles. The van der Waals surface area contributed by atoms with Crippen molar-refractivity contribution in [3.05, 3.63) is 35.6 Å². The van der Waals surface area contributed by atoms with Crippen LogP contribution >= 0.6 is 0 Å². The van der Waals surface area contributed by atoms with Crippen molar-refractivity contribution in [3.8, 4) is 0 Å². The summed E-state index contributed by atoms with van der Waals surface area (Å²) in [6, 6.07) is 6.17. The Morgan fingerprint density at radius 2 is 1.91 bits per heavy atom. The number of rotatable bonds is 3. The van der Waals surface area contributed by atoms with Gasteiger partial charge in [-0.15, -0.1) is 0 Å². The number of hydrogen-bond donors (Lipinski definition) is 1. The van der Waals surface area contributed by atoms with Crippen molar-refractivity contribution in [2.45, 2.75) is 19.4 Å². The zero-order valence-electron chi connectivity index (χ0n) is 13.0. The van der Waals surface area contributed by atoms with Gasteiger partial charge >= 0.3 is 6.03 Å². The van der Waals surface area contributed by atoms with Crippen molar-refractivity contribution in [1.29, 1.82) is 0 Å². The number of nitrogens with one attached hydrogen (secondary N) is 1. The minimum atomic E-state index is -0.321. The summed E-state index contributed by atoms with van der Waals surface area (Å²) in [5.74, 6) is -0.213. The fourth-order valence-corrected chi connectivity index (χ4v) is 2.62. The summed E-state index contributed by atoms with van der Waals surface area (Å²) >= 11 is 0. The molecule has 3 amide bonds. The molecular formula is C16H22FN3O2. The number of halogens is 1. The van der Waals surface area contributed by atoms with Gasteiger partial charge in [0.25, 0.3) is 0 Å². The molecule has 0 atom stereocenters. The Morgan fingerprint density at radius 1 is 1.27 bits per heavy atom. The number of benzene rings is 1. The predicted molar refractivity (Wildman–Crippen MR) is 81.6 cm³/mol. The Labute approximate surface area is 130 Å². The molecule has 0 aromatic heterocycles. The second kappa shape index (κ2) is 7.24. The van der Waals surface area contributed by atoms with Gasteiger partial charge in [-0.25, -0.2) is 9.18 Å². The smallest absolute Gasteiger partial charge is 0.317 e. The van der Waals surface area contributed by atoms with E-state index in [-0.39, 0.29) is 30.2 Å². The molecule has 0 aliphatic carbocycles. The van der Waals surface area contributed by atoms with Crippen LogP contribution in [0.2, 0.25) is 0 Å². The summed E-state index contributed by atoms with van der Waals surface area (Å²) in [6.45, 7) is 1.27. The van der Waals surface area contributed by atoms with Crippen LogP contribution in [-0.2, 0) is 11.3 Å². The Balaban J connectivity index is 1.80. The molecule has 0 saturated carbocycles. The Kier molecular flexibility index (Phi) is 5.35. The van der Waals surface area contributed by atoms with Gasteiger partial charge in [-0.2, -0.15) is 0 Å². The van der Waals surface area contributed by atoms with E-state index in [2.05, 4.69) is 5.32 Å². The van der Waals surface area contributed by atoms with Crippen molar-refractivity contribution in [2.24, 2.45) is 5.92 Å².